The molecule has 0 atom stereocenters. The number of carbonyl (C=O) groups excluding carboxylic acids is 1. The van der Waals surface area contributed by atoms with Crippen molar-refractivity contribution in [2.75, 3.05) is 7.11 Å². The van der Waals surface area contributed by atoms with Gasteiger partial charge in [0.05, 0.1) is 13.3 Å². The van der Waals surface area contributed by atoms with Gasteiger partial charge >= 0.3 is 6.01 Å². The molecular formula is C6H7N3O2. The summed E-state index contributed by atoms with van der Waals surface area (Å²) >= 11 is 0. The van der Waals surface area contributed by atoms with Crippen LogP contribution in [0.1, 0.15) is 17.4 Å². The monoisotopic (exact) mass is 153 g/mol. The lowest BCUT2D eigenvalue weighted by Gasteiger charge is -1.95. The molecule has 0 bridgehead atoms. The van der Waals surface area contributed by atoms with E-state index in [-0.39, 0.29) is 17.5 Å². The van der Waals surface area contributed by atoms with Gasteiger partial charge in [0.25, 0.3) is 0 Å². The first-order valence-electron chi connectivity index (χ1n) is 2.98. The summed E-state index contributed by atoms with van der Waals surface area (Å²) in [5.74, 6) is -0.154. The van der Waals surface area contributed by atoms with E-state index >= 15 is 0 Å². The van der Waals surface area contributed by atoms with Crippen LogP contribution >= 0.6 is 0 Å². The fraction of sp³-hybridized carbons (Fsp3) is 0.333. The highest BCUT2D eigenvalue weighted by Gasteiger charge is 2.03. The molecule has 1 aromatic rings. The summed E-state index contributed by atoms with van der Waals surface area (Å²) in [4.78, 5) is 14.5. The van der Waals surface area contributed by atoms with Crippen LogP contribution in [0.2, 0.25) is 0 Å². The maximum absolute atomic E-state index is 10.7. The van der Waals surface area contributed by atoms with Gasteiger partial charge in [-0.1, -0.05) is 5.10 Å². The third-order valence-electron chi connectivity index (χ3n) is 1.08. The van der Waals surface area contributed by atoms with Crippen molar-refractivity contribution in [1.29, 1.82) is 0 Å². The topological polar surface area (TPSA) is 65.0 Å². The number of Topliss-reactive ketones (excluding diaryl/α,β-unsaturated/α-hetero) is 1. The summed E-state index contributed by atoms with van der Waals surface area (Å²) < 4.78 is 4.67. The highest BCUT2D eigenvalue weighted by atomic mass is 16.5. The molecule has 0 fully saturated rings. The molecule has 0 N–H and O–H groups in total. The smallest absolute Gasteiger partial charge is 0.336 e. The van der Waals surface area contributed by atoms with Crippen LogP contribution in [0, 0.1) is 0 Å². The average molecular weight is 153 g/mol. The SMILES string of the molecule is COc1nncc(C(C)=O)n1. The Bertz CT molecular complexity index is 274. The van der Waals surface area contributed by atoms with E-state index in [0.717, 1.165) is 0 Å². The van der Waals surface area contributed by atoms with Crippen molar-refractivity contribution in [2.45, 2.75) is 6.92 Å². The zero-order valence-electron chi connectivity index (χ0n) is 6.24. The van der Waals surface area contributed by atoms with Gasteiger partial charge in [-0.25, -0.2) is 0 Å². The van der Waals surface area contributed by atoms with Gasteiger partial charge in [-0.2, -0.15) is 10.1 Å². The molecule has 0 aromatic carbocycles. The van der Waals surface area contributed by atoms with E-state index in [1.54, 1.807) is 0 Å². The van der Waals surface area contributed by atoms with E-state index in [2.05, 4.69) is 19.9 Å². The summed E-state index contributed by atoms with van der Waals surface area (Å²) in [5, 5.41) is 7.02. The fourth-order valence-corrected chi connectivity index (χ4v) is 0.543. The van der Waals surface area contributed by atoms with Crippen LogP contribution in [0.15, 0.2) is 6.20 Å². The van der Waals surface area contributed by atoms with Crippen LogP contribution in [0.3, 0.4) is 0 Å². The van der Waals surface area contributed by atoms with Crippen LogP contribution in [-0.2, 0) is 0 Å². The first kappa shape index (κ1) is 7.59. The summed E-state index contributed by atoms with van der Waals surface area (Å²) in [5.41, 5.74) is 0.261. The Morgan fingerprint density at radius 3 is 2.91 bits per heavy atom. The standard InChI is InChI=1S/C6H7N3O2/c1-4(10)5-3-7-9-6(8-5)11-2/h3H,1-2H3. The zero-order chi connectivity index (χ0) is 8.27. The molecule has 0 amide bonds. The molecule has 0 unspecified atom stereocenters. The Labute approximate surface area is 63.4 Å². The zero-order valence-corrected chi connectivity index (χ0v) is 6.24. The lowest BCUT2D eigenvalue weighted by molar-refractivity contribution is 0.101. The third-order valence-corrected chi connectivity index (χ3v) is 1.08. The van der Waals surface area contributed by atoms with Gasteiger partial charge in [0.1, 0.15) is 5.69 Å². The van der Waals surface area contributed by atoms with E-state index in [0.29, 0.717) is 0 Å². The Balaban J connectivity index is 3.01. The van der Waals surface area contributed by atoms with Gasteiger partial charge < -0.3 is 4.74 Å². The second kappa shape index (κ2) is 3.05. The Kier molecular flexibility index (Phi) is 2.10. The molecule has 0 saturated heterocycles. The molecule has 1 aromatic heterocycles. The van der Waals surface area contributed by atoms with Crippen LogP contribution in [-0.4, -0.2) is 28.1 Å². The van der Waals surface area contributed by atoms with Gasteiger partial charge in [0, 0.05) is 6.92 Å². The average Bonchev–Trinajstić information content (AvgIpc) is 2.05. The highest BCUT2D eigenvalue weighted by molar-refractivity contribution is 5.91. The van der Waals surface area contributed by atoms with Gasteiger partial charge in [-0.3, -0.25) is 4.79 Å². The minimum atomic E-state index is -0.154. The maximum atomic E-state index is 10.7. The number of methoxy groups -OCH3 is 1. The summed E-state index contributed by atoms with van der Waals surface area (Å²) in [6.45, 7) is 1.41. The minimum Gasteiger partial charge on any atom is -0.466 e. The minimum absolute atomic E-state index is 0.109. The Hall–Kier alpha value is -1.52. The fourth-order valence-electron chi connectivity index (χ4n) is 0.543. The van der Waals surface area contributed by atoms with Crippen LogP contribution in [0.4, 0.5) is 0 Å². The molecule has 0 aliphatic rings. The Morgan fingerprint density at radius 2 is 2.36 bits per heavy atom. The van der Waals surface area contributed by atoms with E-state index < -0.39 is 0 Å². The van der Waals surface area contributed by atoms with Crippen molar-refractivity contribution >= 4 is 5.78 Å². The molecule has 0 aliphatic carbocycles. The summed E-state index contributed by atoms with van der Waals surface area (Å²) in [6, 6.07) is 0.109. The molecule has 0 saturated carbocycles. The number of carbonyl (C=O) groups is 1. The molecule has 5 heteroatoms. The molecule has 0 aliphatic heterocycles. The third kappa shape index (κ3) is 1.70. The molecule has 1 rings (SSSR count). The van der Waals surface area contributed by atoms with Crippen molar-refractivity contribution in [2.24, 2.45) is 0 Å². The first-order valence-corrected chi connectivity index (χ1v) is 2.98. The maximum Gasteiger partial charge on any atom is 0.336 e. The van der Waals surface area contributed by atoms with Crippen LogP contribution < -0.4 is 4.74 Å². The van der Waals surface area contributed by atoms with Crippen molar-refractivity contribution in [3.05, 3.63) is 11.9 Å². The quantitative estimate of drug-likeness (QED) is 0.563. The molecule has 11 heavy (non-hydrogen) atoms. The summed E-state index contributed by atoms with van der Waals surface area (Å²) in [6.07, 6.45) is 1.30. The number of hydrogen-bond donors (Lipinski definition) is 0. The van der Waals surface area contributed by atoms with E-state index in [1.807, 2.05) is 0 Å². The predicted octanol–water partition coefficient (Wildman–Crippen LogP) is 0.0828. The second-order valence-corrected chi connectivity index (χ2v) is 1.88. The molecule has 5 nitrogen and oxygen atoms in total. The highest BCUT2D eigenvalue weighted by Crippen LogP contribution is 1.99. The summed E-state index contributed by atoms with van der Waals surface area (Å²) in [7, 11) is 1.42. The van der Waals surface area contributed by atoms with Crippen LogP contribution in [0.5, 0.6) is 6.01 Å². The number of hydrogen-bond acceptors (Lipinski definition) is 5. The lowest BCUT2D eigenvalue weighted by Crippen LogP contribution is -2.02. The Morgan fingerprint density at radius 1 is 1.64 bits per heavy atom. The number of nitrogens with zero attached hydrogens (tertiary/aromatic N) is 3. The van der Waals surface area contributed by atoms with Gasteiger partial charge in [0.2, 0.25) is 0 Å². The van der Waals surface area contributed by atoms with E-state index in [1.165, 1.54) is 20.2 Å². The number of aromatic nitrogens is 3. The molecule has 0 spiro atoms. The molecular weight excluding hydrogens is 146 g/mol. The van der Waals surface area contributed by atoms with E-state index in [4.69, 9.17) is 0 Å². The van der Waals surface area contributed by atoms with Crippen molar-refractivity contribution in [3.63, 3.8) is 0 Å². The molecule has 58 valence electrons. The van der Waals surface area contributed by atoms with Crippen molar-refractivity contribution < 1.29 is 9.53 Å². The normalized spacial score (nSPS) is 9.27. The van der Waals surface area contributed by atoms with Crippen molar-refractivity contribution in [3.8, 4) is 6.01 Å². The number of ketones is 1. The second-order valence-electron chi connectivity index (χ2n) is 1.88. The van der Waals surface area contributed by atoms with Crippen LogP contribution in [0.25, 0.3) is 0 Å². The predicted molar refractivity (Wildman–Crippen MR) is 36.4 cm³/mol. The lowest BCUT2D eigenvalue weighted by atomic mass is 10.3. The first-order chi connectivity index (χ1) is 5.24. The largest absolute Gasteiger partial charge is 0.466 e. The number of ether oxygens (including phenoxy) is 1. The van der Waals surface area contributed by atoms with E-state index in [9.17, 15) is 4.79 Å². The van der Waals surface area contributed by atoms with Gasteiger partial charge in [0.15, 0.2) is 5.78 Å². The number of rotatable bonds is 2. The molecule has 0 radical (unpaired) electrons. The van der Waals surface area contributed by atoms with Crippen molar-refractivity contribution in [1.82, 2.24) is 15.2 Å². The molecule has 1 heterocycles. The van der Waals surface area contributed by atoms with Gasteiger partial charge in [-0.05, 0) is 0 Å². The van der Waals surface area contributed by atoms with Gasteiger partial charge in [-0.15, -0.1) is 0 Å².